The van der Waals surface area contributed by atoms with Crippen LogP contribution in [0.25, 0.3) is 67.0 Å². The number of benzene rings is 6. The fourth-order valence-corrected chi connectivity index (χ4v) is 8.41. The highest BCUT2D eigenvalue weighted by atomic mass is 32.2. The second-order valence-electron chi connectivity index (χ2n) is 13.0. The molecule has 0 saturated carbocycles. The van der Waals surface area contributed by atoms with Crippen LogP contribution in [0.1, 0.15) is 30.5 Å². The van der Waals surface area contributed by atoms with Crippen molar-refractivity contribution >= 4 is 33.7 Å². The van der Waals surface area contributed by atoms with E-state index < -0.39 is 0 Å². The monoisotopic (exact) mass is 647 g/mol. The van der Waals surface area contributed by atoms with Gasteiger partial charge in [-0.1, -0.05) is 123 Å². The van der Waals surface area contributed by atoms with Crippen LogP contribution in [0.5, 0.6) is 0 Å². The van der Waals surface area contributed by atoms with Crippen LogP contribution in [0.2, 0.25) is 0 Å². The predicted octanol–water partition coefficient (Wildman–Crippen LogP) is 11.7. The fourth-order valence-electron chi connectivity index (χ4n) is 6.94. The first-order valence-corrected chi connectivity index (χ1v) is 17.1. The van der Waals surface area contributed by atoms with Crippen molar-refractivity contribution in [1.82, 2.24) is 9.97 Å². The number of nitrogens with zero attached hydrogens (tertiary/aromatic N) is 3. The van der Waals surface area contributed by atoms with E-state index in [0.29, 0.717) is 11.4 Å². The van der Waals surface area contributed by atoms with Crippen molar-refractivity contribution in [2.75, 3.05) is 0 Å². The minimum Gasteiger partial charge on any atom is -0.456 e. The maximum atomic E-state index is 9.50. The summed E-state index contributed by atoms with van der Waals surface area (Å²) in [7, 11) is 0. The molecule has 232 valence electrons. The van der Waals surface area contributed by atoms with E-state index in [1.807, 2.05) is 48.5 Å². The summed E-state index contributed by atoms with van der Waals surface area (Å²) < 4.78 is 6.22. The van der Waals surface area contributed by atoms with Crippen LogP contribution in [0.4, 0.5) is 0 Å². The maximum absolute atomic E-state index is 9.50. The van der Waals surface area contributed by atoms with Crippen LogP contribution in [0.15, 0.2) is 154 Å². The van der Waals surface area contributed by atoms with Crippen LogP contribution in [0, 0.1) is 11.3 Å². The molecule has 49 heavy (non-hydrogen) atoms. The lowest BCUT2D eigenvalue weighted by atomic mass is 9.77. The summed E-state index contributed by atoms with van der Waals surface area (Å²) in [5, 5.41) is 11.7. The molecule has 9 rings (SSSR count). The van der Waals surface area contributed by atoms with Gasteiger partial charge in [0, 0.05) is 42.7 Å². The molecule has 0 aliphatic carbocycles. The van der Waals surface area contributed by atoms with Crippen molar-refractivity contribution < 1.29 is 4.42 Å². The summed E-state index contributed by atoms with van der Waals surface area (Å²) >= 11 is 1.75. The van der Waals surface area contributed by atoms with Crippen molar-refractivity contribution in [3.63, 3.8) is 0 Å². The van der Waals surface area contributed by atoms with Gasteiger partial charge in [-0.25, -0.2) is 9.97 Å². The Labute approximate surface area is 288 Å². The molecule has 2 aromatic heterocycles. The SMILES string of the molecule is CC1(C)c2ccc(C#N)cc2Sc2cc(-c3ccc(-c4nc(-c5ccccc5)cc(-c5ccc6c(c5)oc5ccccc56)n4)cc3)ccc21. The lowest BCUT2D eigenvalue weighted by molar-refractivity contribution is 0.607. The first kappa shape index (κ1) is 29.2. The zero-order valence-electron chi connectivity index (χ0n) is 26.9. The average molecular weight is 648 g/mol. The molecule has 0 bridgehead atoms. The zero-order valence-corrected chi connectivity index (χ0v) is 27.8. The minimum absolute atomic E-state index is 0.153. The highest BCUT2D eigenvalue weighted by Crippen LogP contribution is 2.50. The number of para-hydroxylation sites is 1. The fraction of sp³-hybridized carbons (Fsp3) is 0.0682. The summed E-state index contributed by atoms with van der Waals surface area (Å²) in [5.74, 6) is 0.667. The predicted molar refractivity (Wildman–Crippen MR) is 198 cm³/mol. The van der Waals surface area contributed by atoms with Gasteiger partial charge in [-0.05, 0) is 64.7 Å². The molecule has 5 heteroatoms. The van der Waals surface area contributed by atoms with Crippen LogP contribution in [-0.2, 0) is 5.41 Å². The number of nitriles is 1. The smallest absolute Gasteiger partial charge is 0.160 e. The van der Waals surface area contributed by atoms with Crippen LogP contribution in [0.3, 0.4) is 0 Å². The Bertz CT molecular complexity index is 2610. The normalized spacial score (nSPS) is 13.2. The number of furan rings is 1. The highest BCUT2D eigenvalue weighted by molar-refractivity contribution is 7.99. The van der Waals surface area contributed by atoms with Gasteiger partial charge < -0.3 is 4.42 Å². The maximum Gasteiger partial charge on any atom is 0.160 e. The highest BCUT2D eigenvalue weighted by Gasteiger charge is 2.33. The number of hydrogen-bond donors (Lipinski definition) is 0. The molecule has 0 amide bonds. The van der Waals surface area contributed by atoms with E-state index in [9.17, 15) is 5.26 Å². The van der Waals surface area contributed by atoms with E-state index in [1.54, 1.807) is 11.8 Å². The third-order valence-corrected chi connectivity index (χ3v) is 10.7. The Morgan fingerprint density at radius 2 is 1.18 bits per heavy atom. The van der Waals surface area contributed by atoms with Crippen molar-refractivity contribution in [1.29, 1.82) is 5.26 Å². The van der Waals surface area contributed by atoms with E-state index >= 15 is 0 Å². The largest absolute Gasteiger partial charge is 0.456 e. The minimum atomic E-state index is -0.153. The molecule has 4 nitrogen and oxygen atoms in total. The summed E-state index contributed by atoms with van der Waals surface area (Å²) in [4.78, 5) is 12.5. The third-order valence-electron chi connectivity index (χ3n) is 9.61. The van der Waals surface area contributed by atoms with Gasteiger partial charge in [0.05, 0.1) is 23.0 Å². The molecule has 1 aliphatic heterocycles. The van der Waals surface area contributed by atoms with E-state index in [1.165, 1.54) is 16.0 Å². The summed E-state index contributed by atoms with van der Waals surface area (Å²) in [6.07, 6.45) is 0. The summed E-state index contributed by atoms with van der Waals surface area (Å²) in [5.41, 5.74) is 11.7. The van der Waals surface area contributed by atoms with Crippen molar-refractivity contribution in [3.8, 4) is 51.1 Å². The van der Waals surface area contributed by atoms with Gasteiger partial charge >= 0.3 is 0 Å². The van der Waals surface area contributed by atoms with Gasteiger partial charge in [0.15, 0.2) is 5.82 Å². The van der Waals surface area contributed by atoms with Crippen molar-refractivity contribution in [2.24, 2.45) is 0 Å². The quantitative estimate of drug-likeness (QED) is 0.190. The van der Waals surface area contributed by atoms with Gasteiger partial charge in [0.1, 0.15) is 11.2 Å². The van der Waals surface area contributed by atoms with E-state index in [-0.39, 0.29) is 5.41 Å². The second kappa shape index (κ2) is 11.3. The molecule has 6 aromatic carbocycles. The van der Waals surface area contributed by atoms with Crippen LogP contribution >= 0.6 is 11.8 Å². The Kier molecular flexibility index (Phi) is 6.75. The number of aromatic nitrogens is 2. The third kappa shape index (κ3) is 5.01. The van der Waals surface area contributed by atoms with Gasteiger partial charge in [-0.2, -0.15) is 5.26 Å². The Morgan fingerprint density at radius 3 is 1.98 bits per heavy atom. The molecule has 3 heterocycles. The van der Waals surface area contributed by atoms with Crippen LogP contribution in [-0.4, -0.2) is 9.97 Å². The molecule has 1 aliphatic rings. The molecule has 0 saturated heterocycles. The van der Waals surface area contributed by atoms with E-state index in [4.69, 9.17) is 14.4 Å². The van der Waals surface area contributed by atoms with Crippen molar-refractivity contribution in [2.45, 2.75) is 29.1 Å². The molecular weight excluding hydrogens is 619 g/mol. The number of rotatable bonds is 4. The molecule has 0 spiro atoms. The van der Waals surface area contributed by atoms with Crippen molar-refractivity contribution in [3.05, 3.63) is 156 Å². The lowest BCUT2D eigenvalue weighted by Gasteiger charge is -2.35. The topological polar surface area (TPSA) is 62.7 Å². The van der Waals surface area contributed by atoms with Gasteiger partial charge in [-0.15, -0.1) is 0 Å². The lowest BCUT2D eigenvalue weighted by Crippen LogP contribution is -2.23. The Balaban J connectivity index is 1.09. The molecule has 0 N–H and O–H groups in total. The number of hydrogen-bond acceptors (Lipinski definition) is 5. The van der Waals surface area contributed by atoms with E-state index in [2.05, 4.69) is 111 Å². The first-order chi connectivity index (χ1) is 23.9. The molecule has 0 unspecified atom stereocenters. The van der Waals surface area contributed by atoms with Gasteiger partial charge in [0.25, 0.3) is 0 Å². The Morgan fingerprint density at radius 1 is 0.551 bits per heavy atom. The average Bonchev–Trinajstić information content (AvgIpc) is 3.52. The van der Waals surface area contributed by atoms with E-state index in [0.717, 1.165) is 66.0 Å². The second-order valence-corrected chi connectivity index (χ2v) is 14.1. The summed E-state index contributed by atoms with van der Waals surface area (Å²) in [6.45, 7) is 4.52. The molecule has 8 aromatic rings. The Hall–Kier alpha value is -5.96. The van der Waals surface area contributed by atoms with Gasteiger partial charge in [-0.3, -0.25) is 0 Å². The zero-order chi connectivity index (χ0) is 33.1. The molecule has 0 atom stereocenters. The molecule has 0 fully saturated rings. The number of fused-ring (bicyclic) bond motifs is 5. The van der Waals surface area contributed by atoms with Gasteiger partial charge in [0.2, 0.25) is 0 Å². The standard InChI is InChI=1S/C44H29N3OS/c1-44(2)35-20-12-27(26-45)22-41(35)49-42-24-31(18-21-36(42)44)28-13-15-30(16-14-28)43-46-37(29-8-4-3-5-9-29)25-38(47-43)32-17-19-34-33-10-6-7-11-39(33)48-40(34)23-32/h3-25H,1-2H3. The molecule has 0 radical (unpaired) electrons. The summed E-state index contributed by atoms with van der Waals surface area (Å²) in [6, 6.07) is 50.3. The van der Waals surface area contributed by atoms with Crippen LogP contribution < -0.4 is 0 Å². The first-order valence-electron chi connectivity index (χ1n) is 16.3. The molecular formula is C44H29N3OS.